The van der Waals surface area contributed by atoms with E-state index in [1.54, 1.807) is 0 Å². The molecule has 6 nitrogen and oxygen atoms in total. The topological polar surface area (TPSA) is 86.7 Å². The van der Waals surface area contributed by atoms with Crippen molar-refractivity contribution in [2.75, 3.05) is 0 Å². The molecule has 0 N–H and O–H groups in total. The van der Waals surface area contributed by atoms with Gasteiger partial charge in [-0.05, 0) is 6.42 Å². The number of carbonyl (C=O) groups is 4. The molecule has 1 unspecified atom stereocenters. The highest BCUT2D eigenvalue weighted by molar-refractivity contribution is 6.32. The SMILES string of the molecule is CCCCCC1C(=O)OC(=O)C12C(=O)OC2=O. The Balaban J connectivity index is 2.22. The average molecular weight is 240 g/mol. The summed E-state index contributed by atoms with van der Waals surface area (Å²) >= 11 is 0. The van der Waals surface area contributed by atoms with E-state index in [9.17, 15) is 19.2 Å². The first kappa shape index (κ1) is 11.8. The van der Waals surface area contributed by atoms with Crippen molar-refractivity contribution >= 4 is 23.9 Å². The summed E-state index contributed by atoms with van der Waals surface area (Å²) in [6.45, 7) is 1.98. The van der Waals surface area contributed by atoms with E-state index in [1.165, 1.54) is 0 Å². The molecule has 2 aliphatic rings. The zero-order valence-electron chi connectivity index (χ0n) is 9.36. The van der Waals surface area contributed by atoms with Gasteiger partial charge in [-0.3, -0.25) is 4.79 Å². The van der Waals surface area contributed by atoms with E-state index in [2.05, 4.69) is 9.47 Å². The van der Waals surface area contributed by atoms with Crippen LogP contribution in [0.25, 0.3) is 0 Å². The molecule has 1 atom stereocenters. The fraction of sp³-hybridized carbons (Fsp3) is 0.636. The van der Waals surface area contributed by atoms with Crippen molar-refractivity contribution in [1.82, 2.24) is 0 Å². The van der Waals surface area contributed by atoms with Crippen LogP contribution in [0.15, 0.2) is 0 Å². The van der Waals surface area contributed by atoms with Crippen molar-refractivity contribution in [2.24, 2.45) is 11.3 Å². The molecule has 0 aromatic heterocycles. The van der Waals surface area contributed by atoms with Gasteiger partial charge in [0, 0.05) is 0 Å². The van der Waals surface area contributed by atoms with Gasteiger partial charge in [-0.1, -0.05) is 26.2 Å². The van der Waals surface area contributed by atoms with E-state index in [1.807, 2.05) is 6.92 Å². The standard InChI is InChI=1S/C11H12O6/c1-2-3-4-5-6-7(12)16-8(13)11(6)9(14)17-10(11)15/h6H,2-5H2,1H3. The minimum Gasteiger partial charge on any atom is -0.392 e. The molecular formula is C11H12O6. The van der Waals surface area contributed by atoms with Crippen LogP contribution in [0.5, 0.6) is 0 Å². The fourth-order valence-corrected chi connectivity index (χ4v) is 2.23. The van der Waals surface area contributed by atoms with Gasteiger partial charge in [0.1, 0.15) is 0 Å². The molecule has 17 heavy (non-hydrogen) atoms. The van der Waals surface area contributed by atoms with Crippen LogP contribution in [0.2, 0.25) is 0 Å². The normalized spacial score (nSPS) is 25.8. The van der Waals surface area contributed by atoms with Gasteiger partial charge in [0.25, 0.3) is 5.41 Å². The first-order valence-electron chi connectivity index (χ1n) is 5.58. The lowest BCUT2D eigenvalue weighted by molar-refractivity contribution is -0.201. The molecular weight excluding hydrogens is 228 g/mol. The molecule has 0 aliphatic carbocycles. The number of esters is 4. The van der Waals surface area contributed by atoms with Crippen LogP contribution in [0.4, 0.5) is 0 Å². The minimum atomic E-state index is -1.98. The highest BCUT2D eigenvalue weighted by atomic mass is 16.6. The van der Waals surface area contributed by atoms with Crippen molar-refractivity contribution in [2.45, 2.75) is 32.6 Å². The molecule has 2 aliphatic heterocycles. The number of hydrogen-bond acceptors (Lipinski definition) is 6. The molecule has 0 bridgehead atoms. The number of carbonyl (C=O) groups excluding carboxylic acids is 4. The predicted octanol–water partition coefficient (Wildman–Crippen LogP) is 0.336. The van der Waals surface area contributed by atoms with Crippen LogP contribution in [0, 0.1) is 11.3 Å². The summed E-state index contributed by atoms with van der Waals surface area (Å²) in [4.78, 5) is 45.7. The second-order valence-electron chi connectivity index (χ2n) is 4.24. The molecule has 2 fully saturated rings. The summed E-state index contributed by atoms with van der Waals surface area (Å²) in [5.41, 5.74) is -1.98. The number of hydrogen-bond donors (Lipinski definition) is 0. The average Bonchev–Trinajstić information content (AvgIpc) is 2.53. The van der Waals surface area contributed by atoms with E-state index < -0.39 is 35.2 Å². The van der Waals surface area contributed by atoms with E-state index in [0.29, 0.717) is 12.8 Å². The number of unbranched alkanes of at least 4 members (excludes halogenated alkanes) is 2. The largest absolute Gasteiger partial charge is 0.392 e. The third-order valence-electron chi connectivity index (χ3n) is 3.25. The Hall–Kier alpha value is -1.72. The zero-order valence-corrected chi connectivity index (χ0v) is 9.36. The third kappa shape index (κ3) is 1.40. The van der Waals surface area contributed by atoms with Gasteiger partial charge in [-0.2, -0.15) is 0 Å². The van der Waals surface area contributed by atoms with E-state index in [0.717, 1.165) is 12.8 Å². The second kappa shape index (κ2) is 3.94. The van der Waals surface area contributed by atoms with E-state index >= 15 is 0 Å². The molecule has 2 saturated heterocycles. The van der Waals surface area contributed by atoms with Gasteiger partial charge < -0.3 is 9.47 Å². The molecule has 1 spiro atoms. The van der Waals surface area contributed by atoms with Crippen LogP contribution in [-0.4, -0.2) is 23.9 Å². The van der Waals surface area contributed by atoms with Gasteiger partial charge in [0.15, 0.2) is 0 Å². The Morgan fingerprint density at radius 3 is 2.12 bits per heavy atom. The molecule has 0 aromatic carbocycles. The number of ether oxygens (including phenoxy) is 2. The highest BCUT2D eigenvalue weighted by Crippen LogP contribution is 2.47. The molecule has 0 aromatic rings. The van der Waals surface area contributed by atoms with E-state index in [4.69, 9.17) is 0 Å². The van der Waals surface area contributed by atoms with Crippen molar-refractivity contribution in [1.29, 1.82) is 0 Å². The maximum absolute atomic E-state index is 11.5. The maximum Gasteiger partial charge on any atom is 0.343 e. The van der Waals surface area contributed by atoms with Crippen molar-refractivity contribution in [3.63, 3.8) is 0 Å². The number of cyclic esters (lactones) is 4. The summed E-state index contributed by atoms with van der Waals surface area (Å²) in [6, 6.07) is 0. The maximum atomic E-state index is 11.5. The first-order chi connectivity index (χ1) is 8.05. The van der Waals surface area contributed by atoms with Gasteiger partial charge in [-0.25, -0.2) is 14.4 Å². The molecule has 0 amide bonds. The third-order valence-corrected chi connectivity index (χ3v) is 3.25. The predicted molar refractivity (Wildman–Crippen MR) is 52.3 cm³/mol. The van der Waals surface area contributed by atoms with Gasteiger partial charge in [0.05, 0.1) is 5.92 Å². The first-order valence-corrected chi connectivity index (χ1v) is 5.58. The fourth-order valence-electron chi connectivity index (χ4n) is 2.23. The Labute approximate surface area is 97.3 Å². The van der Waals surface area contributed by atoms with Crippen LogP contribution in [0.1, 0.15) is 32.6 Å². The van der Waals surface area contributed by atoms with E-state index in [-0.39, 0.29) is 0 Å². The summed E-state index contributed by atoms with van der Waals surface area (Å²) < 4.78 is 8.60. The number of rotatable bonds is 4. The minimum absolute atomic E-state index is 0.291. The molecule has 2 heterocycles. The monoisotopic (exact) mass is 240 g/mol. The van der Waals surface area contributed by atoms with Crippen LogP contribution >= 0.6 is 0 Å². The lowest BCUT2D eigenvalue weighted by Gasteiger charge is -2.31. The quantitative estimate of drug-likeness (QED) is 0.400. The Morgan fingerprint density at radius 1 is 1.00 bits per heavy atom. The lowest BCUT2D eigenvalue weighted by Crippen LogP contribution is -2.60. The molecule has 0 radical (unpaired) electrons. The Morgan fingerprint density at radius 2 is 1.59 bits per heavy atom. The summed E-state index contributed by atoms with van der Waals surface area (Å²) in [5.74, 6) is -4.80. The van der Waals surface area contributed by atoms with Crippen molar-refractivity contribution in [3.8, 4) is 0 Å². The van der Waals surface area contributed by atoms with Crippen LogP contribution < -0.4 is 0 Å². The smallest absolute Gasteiger partial charge is 0.343 e. The van der Waals surface area contributed by atoms with Gasteiger partial charge in [0.2, 0.25) is 0 Å². The van der Waals surface area contributed by atoms with Crippen molar-refractivity contribution < 1.29 is 28.7 Å². The Kier molecular flexibility index (Phi) is 2.73. The Bertz CT molecular complexity index is 396. The van der Waals surface area contributed by atoms with Gasteiger partial charge in [-0.15, -0.1) is 0 Å². The van der Waals surface area contributed by atoms with Crippen molar-refractivity contribution in [3.05, 3.63) is 0 Å². The lowest BCUT2D eigenvalue weighted by atomic mass is 9.72. The molecule has 92 valence electrons. The highest BCUT2D eigenvalue weighted by Gasteiger charge is 2.76. The van der Waals surface area contributed by atoms with Crippen LogP contribution in [-0.2, 0) is 28.7 Å². The summed E-state index contributed by atoms with van der Waals surface area (Å²) in [6.07, 6.45) is 2.74. The molecule has 6 heteroatoms. The zero-order chi connectivity index (χ0) is 12.6. The molecule has 0 saturated carbocycles. The van der Waals surface area contributed by atoms with Gasteiger partial charge >= 0.3 is 23.9 Å². The summed E-state index contributed by atoms with van der Waals surface area (Å²) in [5, 5.41) is 0. The van der Waals surface area contributed by atoms with Crippen LogP contribution in [0.3, 0.4) is 0 Å². The summed E-state index contributed by atoms with van der Waals surface area (Å²) in [7, 11) is 0. The second-order valence-corrected chi connectivity index (χ2v) is 4.24. The molecule has 2 rings (SSSR count).